The predicted molar refractivity (Wildman–Crippen MR) is 193 cm³/mol. The maximum absolute atomic E-state index is 7.14. The Hall–Kier alpha value is -0.582. The van der Waals surface area contributed by atoms with Gasteiger partial charge in [0.1, 0.15) is 0 Å². The minimum Gasteiger partial charge on any atom is -0.409 e. The van der Waals surface area contributed by atoms with Crippen molar-refractivity contribution < 1.29 is 28.8 Å². The van der Waals surface area contributed by atoms with Crippen molar-refractivity contribution in [1.82, 2.24) is 0 Å². The summed E-state index contributed by atoms with van der Waals surface area (Å²) in [6.45, 7) is 43.9. The lowest BCUT2D eigenvalue weighted by Gasteiger charge is -2.49. The molecule has 0 aromatic heterocycles. The molecule has 1 aliphatic rings. The van der Waals surface area contributed by atoms with Crippen LogP contribution in [-0.2, 0) is 28.8 Å². The number of hydrogen-bond donors (Lipinski definition) is 0. The van der Waals surface area contributed by atoms with Crippen molar-refractivity contribution in [2.24, 2.45) is 0 Å². The largest absolute Gasteiger partial charge is 0.409 e. The third-order valence-electron chi connectivity index (χ3n) is 8.05. The smallest absolute Gasteiger partial charge is 0.347 e. The monoisotopic (exact) mass is 700 g/mol. The van der Waals surface area contributed by atoms with E-state index in [4.69, 9.17) is 28.8 Å². The van der Waals surface area contributed by atoms with Gasteiger partial charge in [0.25, 0.3) is 0 Å². The van der Waals surface area contributed by atoms with Gasteiger partial charge in [-0.1, -0.05) is 88.4 Å². The number of rotatable bonds is 14. The van der Waals surface area contributed by atoms with Crippen LogP contribution >= 0.6 is 0 Å². The van der Waals surface area contributed by atoms with E-state index in [1.54, 1.807) is 0 Å². The van der Waals surface area contributed by atoms with Crippen LogP contribution in [0, 0.1) is 0 Å². The van der Waals surface area contributed by atoms with E-state index >= 15 is 0 Å². The van der Waals surface area contributed by atoms with E-state index in [9.17, 15) is 0 Å². The SMILES string of the molecule is C=C[Si]1(CC)O[Si](C=C)(CC)O[Si](C=C)(CC)O[Si](C=C)(CC)O[Si](C=C)(CC)O[Si](C=C)(CC)O[Si](C=C)(CC)O1. The molecule has 0 radical (unpaired) electrons. The maximum atomic E-state index is 7.14. The van der Waals surface area contributed by atoms with E-state index in [0.29, 0.717) is 42.3 Å². The Labute approximate surface area is 264 Å². The molecule has 0 spiro atoms. The molecule has 0 aromatic carbocycles. The third kappa shape index (κ3) is 8.36. The van der Waals surface area contributed by atoms with Gasteiger partial charge in [-0.3, -0.25) is 0 Å². The summed E-state index contributed by atoms with van der Waals surface area (Å²) in [5.41, 5.74) is 12.9. The van der Waals surface area contributed by atoms with Crippen LogP contribution in [-0.4, -0.2) is 59.9 Å². The Morgan fingerprint density at radius 1 is 0.286 bits per heavy atom. The van der Waals surface area contributed by atoms with Crippen molar-refractivity contribution in [2.45, 2.75) is 90.8 Å². The Kier molecular flexibility index (Phi) is 15.1. The molecule has 0 aromatic rings. The summed E-state index contributed by atoms with van der Waals surface area (Å²) in [7, 11) is -22.1. The molecule has 1 aliphatic heterocycles. The zero-order valence-electron chi connectivity index (χ0n) is 27.3. The average Bonchev–Trinajstić information content (AvgIpc) is 3.05. The fourth-order valence-corrected chi connectivity index (χ4v) is 39.7. The summed E-state index contributed by atoms with van der Waals surface area (Å²) in [6, 6.07) is 4.20. The minimum absolute atomic E-state index is 0.601. The highest BCUT2D eigenvalue weighted by atomic mass is 28.5. The molecule has 1 rings (SSSR count). The second kappa shape index (κ2) is 16.1. The van der Waals surface area contributed by atoms with Crippen LogP contribution in [0.1, 0.15) is 48.5 Å². The lowest BCUT2D eigenvalue weighted by molar-refractivity contribution is 0.239. The van der Waals surface area contributed by atoms with Gasteiger partial charge in [0.05, 0.1) is 0 Å². The summed E-state index contributed by atoms with van der Waals surface area (Å²) >= 11 is 0. The third-order valence-corrected chi connectivity index (χ3v) is 38.6. The zero-order chi connectivity index (χ0) is 32.3. The van der Waals surface area contributed by atoms with Crippen LogP contribution in [0.3, 0.4) is 0 Å². The van der Waals surface area contributed by atoms with Crippen molar-refractivity contribution in [1.29, 1.82) is 0 Å². The first kappa shape index (κ1) is 39.4. The minimum atomic E-state index is -3.16. The highest BCUT2D eigenvalue weighted by Gasteiger charge is 2.59. The van der Waals surface area contributed by atoms with Crippen molar-refractivity contribution in [2.75, 3.05) is 0 Å². The summed E-state index contributed by atoms with van der Waals surface area (Å²) < 4.78 is 50.0. The van der Waals surface area contributed by atoms with Crippen molar-refractivity contribution in [3.05, 3.63) is 85.9 Å². The second-order valence-electron chi connectivity index (χ2n) is 10.3. The van der Waals surface area contributed by atoms with Crippen LogP contribution in [0.2, 0.25) is 42.3 Å². The number of hydrogen-bond acceptors (Lipinski definition) is 7. The van der Waals surface area contributed by atoms with Crippen molar-refractivity contribution >= 4 is 59.9 Å². The molecule has 0 unspecified atom stereocenters. The highest BCUT2D eigenvalue weighted by molar-refractivity contribution is 7.00. The lowest BCUT2D eigenvalue weighted by atomic mass is 11.0. The molecule has 0 bridgehead atoms. The molecule has 0 aliphatic carbocycles. The van der Waals surface area contributed by atoms with Gasteiger partial charge in [0.2, 0.25) is 0 Å². The normalized spacial score (nSPS) is 40.2. The van der Waals surface area contributed by atoms with Crippen LogP contribution in [0.4, 0.5) is 0 Å². The molecule has 1 fully saturated rings. The van der Waals surface area contributed by atoms with Gasteiger partial charge >= 0.3 is 59.9 Å². The topological polar surface area (TPSA) is 64.6 Å². The maximum Gasteiger partial charge on any atom is 0.347 e. The zero-order valence-corrected chi connectivity index (χ0v) is 34.3. The Morgan fingerprint density at radius 2 is 0.381 bits per heavy atom. The molecule has 42 heavy (non-hydrogen) atoms. The molecule has 0 atom stereocenters. The molecule has 0 amide bonds. The predicted octanol–water partition coefficient (Wildman–Crippen LogP) is 8.43. The molecular formula is C28H56O7Si7. The molecule has 0 N–H and O–H groups in total. The van der Waals surface area contributed by atoms with E-state index in [0.717, 1.165) is 0 Å². The van der Waals surface area contributed by atoms with Gasteiger partial charge in [-0.25, -0.2) is 0 Å². The molecule has 0 saturated carbocycles. The van der Waals surface area contributed by atoms with Crippen LogP contribution in [0.5, 0.6) is 0 Å². The molecule has 14 heteroatoms. The molecule has 238 valence electrons. The van der Waals surface area contributed by atoms with Gasteiger partial charge < -0.3 is 28.8 Å². The van der Waals surface area contributed by atoms with E-state index < -0.39 is 59.9 Å². The Bertz CT molecular complexity index is 759. The van der Waals surface area contributed by atoms with E-state index in [-0.39, 0.29) is 0 Å². The lowest BCUT2D eigenvalue weighted by Crippen LogP contribution is -2.68. The summed E-state index contributed by atoms with van der Waals surface area (Å²) in [6.07, 6.45) is 0. The van der Waals surface area contributed by atoms with E-state index in [1.807, 2.05) is 39.9 Å². The first-order valence-electron chi connectivity index (χ1n) is 15.2. The molecular weight excluding hydrogens is 645 g/mol. The quantitative estimate of drug-likeness (QED) is 0.169. The van der Waals surface area contributed by atoms with Gasteiger partial charge in [0.15, 0.2) is 0 Å². The molecule has 1 heterocycles. The summed E-state index contributed by atoms with van der Waals surface area (Å²) in [5.74, 6) is 0. The molecule has 7 nitrogen and oxygen atoms in total. The molecule has 1 saturated heterocycles. The summed E-state index contributed by atoms with van der Waals surface area (Å²) in [4.78, 5) is 0. The first-order chi connectivity index (χ1) is 19.8. The van der Waals surface area contributed by atoms with Gasteiger partial charge in [-0.05, 0) is 42.3 Å². The van der Waals surface area contributed by atoms with Gasteiger partial charge in [-0.2, -0.15) is 0 Å². The first-order valence-corrected chi connectivity index (χ1v) is 29.9. The highest BCUT2D eigenvalue weighted by Crippen LogP contribution is 2.39. The van der Waals surface area contributed by atoms with E-state index in [1.165, 1.54) is 0 Å². The van der Waals surface area contributed by atoms with Crippen LogP contribution in [0.25, 0.3) is 0 Å². The fraction of sp³-hybridized carbons (Fsp3) is 0.500. The summed E-state index contributed by atoms with van der Waals surface area (Å²) in [5, 5.41) is 0. The Morgan fingerprint density at radius 3 is 0.429 bits per heavy atom. The van der Waals surface area contributed by atoms with E-state index in [2.05, 4.69) is 94.5 Å². The fourth-order valence-electron chi connectivity index (χ4n) is 4.80. The van der Waals surface area contributed by atoms with Crippen LogP contribution < -0.4 is 0 Å². The van der Waals surface area contributed by atoms with Crippen molar-refractivity contribution in [3.8, 4) is 0 Å². The average molecular weight is 701 g/mol. The van der Waals surface area contributed by atoms with Gasteiger partial charge in [-0.15, -0.1) is 46.1 Å². The standard InChI is InChI=1S/C28H56O7Si7/c1-15-36(16-2)29-37(17-3,18-4)31-39(21-7,22-8)33-41(25-11,26-12)35-42(27-13,28-14)34-40(23-9,24-10)32-38(19-5,20-6)30-36/h15,17,19,21,23,25,27H,1,3,5,7,9,11,13,16,18,20,22,24,26,28H2,2,4,6,8,10,12,14H3. The van der Waals surface area contributed by atoms with Gasteiger partial charge in [0, 0.05) is 0 Å². The van der Waals surface area contributed by atoms with Crippen molar-refractivity contribution in [3.63, 3.8) is 0 Å². The van der Waals surface area contributed by atoms with Crippen LogP contribution in [0.15, 0.2) is 85.9 Å². The second-order valence-corrected chi connectivity index (χ2v) is 35.2. The Balaban J connectivity index is 4.29.